The fourth-order valence-electron chi connectivity index (χ4n) is 3.37. The first-order valence-electron chi connectivity index (χ1n) is 7.42. The summed E-state index contributed by atoms with van der Waals surface area (Å²) in [6, 6.07) is 5.76. The number of methoxy groups -OCH3 is 2. The van der Waals surface area contributed by atoms with Crippen molar-refractivity contribution in [3.05, 3.63) is 29.8 Å². The molecule has 0 aromatic heterocycles. The predicted octanol–water partition coefficient (Wildman–Crippen LogP) is 0.778. The van der Waals surface area contributed by atoms with Crippen molar-refractivity contribution >= 4 is 17.7 Å². The molecule has 0 radical (unpaired) electrons. The van der Waals surface area contributed by atoms with Crippen LogP contribution in [0.2, 0.25) is 0 Å². The zero-order chi connectivity index (χ0) is 18.1. The number of phenolic OH excluding ortho intramolecular Hbond substituents is 1. The smallest absolute Gasteiger partial charge is 0.316 e. The number of carbonyl (C=O) groups is 3. The average molecular weight is 336 g/mol. The van der Waals surface area contributed by atoms with Crippen LogP contribution in [0.3, 0.4) is 0 Å². The molecule has 130 valence electrons. The van der Waals surface area contributed by atoms with Gasteiger partial charge in [0.25, 0.3) is 0 Å². The Morgan fingerprint density at radius 2 is 1.67 bits per heavy atom. The van der Waals surface area contributed by atoms with Gasteiger partial charge in [0.15, 0.2) is 5.78 Å². The third-order valence-corrected chi connectivity index (χ3v) is 4.46. The molecule has 0 bridgehead atoms. The Balaban J connectivity index is 2.63. The second kappa shape index (κ2) is 6.60. The van der Waals surface area contributed by atoms with Crippen molar-refractivity contribution in [2.75, 3.05) is 14.2 Å². The lowest BCUT2D eigenvalue weighted by molar-refractivity contribution is -0.170. The second-order valence-corrected chi connectivity index (χ2v) is 6.12. The molecule has 0 heterocycles. The Bertz CT molecular complexity index is 647. The summed E-state index contributed by atoms with van der Waals surface area (Å²) in [6.45, 7) is 1.37. The number of carbonyl (C=O) groups excluding carboxylic acids is 3. The van der Waals surface area contributed by atoms with Crippen LogP contribution in [0.5, 0.6) is 5.75 Å². The molecular weight excluding hydrogens is 316 g/mol. The van der Waals surface area contributed by atoms with Crippen molar-refractivity contribution in [3.63, 3.8) is 0 Å². The highest BCUT2D eigenvalue weighted by Gasteiger charge is 2.56. The third-order valence-electron chi connectivity index (χ3n) is 4.46. The molecule has 1 aliphatic carbocycles. The van der Waals surface area contributed by atoms with Crippen LogP contribution in [-0.2, 0) is 23.9 Å². The molecule has 2 rings (SSSR count). The van der Waals surface area contributed by atoms with E-state index in [1.807, 2.05) is 0 Å². The number of hydrogen-bond donors (Lipinski definition) is 2. The first kappa shape index (κ1) is 17.9. The Kier molecular flexibility index (Phi) is 4.94. The number of phenols is 1. The summed E-state index contributed by atoms with van der Waals surface area (Å²) in [7, 11) is 2.33. The van der Waals surface area contributed by atoms with Crippen molar-refractivity contribution < 1.29 is 34.1 Å². The maximum Gasteiger partial charge on any atom is 0.316 e. The zero-order valence-corrected chi connectivity index (χ0v) is 13.7. The van der Waals surface area contributed by atoms with Crippen LogP contribution in [0.25, 0.3) is 0 Å². The third kappa shape index (κ3) is 3.12. The van der Waals surface area contributed by atoms with Gasteiger partial charge >= 0.3 is 11.9 Å². The molecule has 24 heavy (non-hydrogen) atoms. The van der Waals surface area contributed by atoms with Crippen LogP contribution in [0.4, 0.5) is 0 Å². The fourth-order valence-corrected chi connectivity index (χ4v) is 3.37. The molecule has 4 atom stereocenters. The topological polar surface area (TPSA) is 110 Å². The number of ether oxygens (including phenoxy) is 2. The SMILES string of the molecule is COC(=O)[C@@H]1C(=O)C[C@](C)(O)[C@H](C(=O)OC)[C@@H]1c1ccc(O)cc1. The second-order valence-electron chi connectivity index (χ2n) is 6.12. The van der Waals surface area contributed by atoms with Gasteiger partial charge in [-0.1, -0.05) is 12.1 Å². The van der Waals surface area contributed by atoms with Crippen molar-refractivity contribution in [3.8, 4) is 5.75 Å². The zero-order valence-electron chi connectivity index (χ0n) is 13.7. The van der Waals surface area contributed by atoms with E-state index in [0.717, 1.165) is 7.11 Å². The van der Waals surface area contributed by atoms with Crippen LogP contribution in [0, 0.1) is 11.8 Å². The maximum atomic E-state index is 12.5. The largest absolute Gasteiger partial charge is 0.508 e. The van der Waals surface area contributed by atoms with Gasteiger partial charge in [-0.25, -0.2) is 0 Å². The molecule has 7 nitrogen and oxygen atoms in total. The minimum absolute atomic E-state index is 0.00289. The molecule has 2 N–H and O–H groups in total. The van der Waals surface area contributed by atoms with Crippen molar-refractivity contribution in [2.24, 2.45) is 11.8 Å². The first-order valence-corrected chi connectivity index (χ1v) is 7.42. The molecule has 0 spiro atoms. The van der Waals surface area contributed by atoms with Crippen molar-refractivity contribution in [2.45, 2.75) is 24.9 Å². The monoisotopic (exact) mass is 336 g/mol. The fraction of sp³-hybridized carbons (Fsp3) is 0.471. The van der Waals surface area contributed by atoms with E-state index in [1.165, 1.54) is 38.3 Å². The van der Waals surface area contributed by atoms with Gasteiger partial charge in [0.05, 0.1) is 25.7 Å². The Labute approximate surface area is 139 Å². The number of ketones is 1. The lowest BCUT2D eigenvalue weighted by Gasteiger charge is -2.43. The van der Waals surface area contributed by atoms with Gasteiger partial charge < -0.3 is 19.7 Å². The Hall–Kier alpha value is -2.41. The molecule has 7 heteroatoms. The quantitative estimate of drug-likeness (QED) is 0.620. The van der Waals surface area contributed by atoms with Crippen LogP contribution in [0.1, 0.15) is 24.8 Å². The molecule has 1 aromatic rings. The number of rotatable bonds is 3. The summed E-state index contributed by atoms with van der Waals surface area (Å²) >= 11 is 0. The normalized spacial score (nSPS) is 29.8. The lowest BCUT2D eigenvalue weighted by Crippen LogP contribution is -2.55. The van der Waals surface area contributed by atoms with E-state index in [-0.39, 0.29) is 12.2 Å². The molecule has 1 saturated carbocycles. The summed E-state index contributed by atoms with van der Waals surface area (Å²) in [4.78, 5) is 36.9. The van der Waals surface area contributed by atoms with Crippen LogP contribution in [0.15, 0.2) is 24.3 Å². The Morgan fingerprint density at radius 3 is 2.17 bits per heavy atom. The summed E-state index contributed by atoms with van der Waals surface area (Å²) in [5.74, 6) is -5.33. The van der Waals surface area contributed by atoms with Crippen LogP contribution < -0.4 is 0 Å². The molecule has 0 unspecified atom stereocenters. The van der Waals surface area contributed by atoms with E-state index >= 15 is 0 Å². The minimum Gasteiger partial charge on any atom is -0.508 e. The van der Waals surface area contributed by atoms with Gasteiger partial charge in [0.1, 0.15) is 11.7 Å². The number of hydrogen-bond acceptors (Lipinski definition) is 7. The van der Waals surface area contributed by atoms with E-state index in [1.54, 1.807) is 0 Å². The number of aliphatic hydroxyl groups is 1. The minimum atomic E-state index is -1.67. The van der Waals surface area contributed by atoms with E-state index < -0.39 is 41.1 Å². The highest BCUT2D eigenvalue weighted by molar-refractivity contribution is 6.02. The first-order chi connectivity index (χ1) is 11.2. The highest BCUT2D eigenvalue weighted by Crippen LogP contribution is 2.46. The Morgan fingerprint density at radius 1 is 1.12 bits per heavy atom. The van der Waals surface area contributed by atoms with Crippen LogP contribution >= 0.6 is 0 Å². The maximum absolute atomic E-state index is 12.5. The summed E-state index contributed by atoms with van der Waals surface area (Å²) in [5, 5.41) is 20.1. The number of benzene rings is 1. The van der Waals surface area contributed by atoms with Gasteiger partial charge in [-0.2, -0.15) is 0 Å². The average Bonchev–Trinajstić information content (AvgIpc) is 2.53. The standard InChI is InChI=1S/C17H20O7/c1-17(22)8-11(19)13(15(20)23-2)12(14(17)16(21)24-3)9-4-6-10(18)7-5-9/h4-7,12-14,18,22H,8H2,1-3H3/t12-,13-,14+,17+/m1/s1. The number of aromatic hydroxyl groups is 1. The van der Waals surface area contributed by atoms with Crippen molar-refractivity contribution in [1.29, 1.82) is 0 Å². The molecule has 1 fully saturated rings. The van der Waals surface area contributed by atoms with Gasteiger partial charge in [0.2, 0.25) is 0 Å². The molecule has 0 saturated heterocycles. The molecular formula is C17H20O7. The van der Waals surface area contributed by atoms with Gasteiger partial charge in [-0.3, -0.25) is 14.4 Å². The van der Waals surface area contributed by atoms with Gasteiger partial charge in [0, 0.05) is 12.3 Å². The van der Waals surface area contributed by atoms with Gasteiger partial charge in [-0.05, 0) is 24.6 Å². The molecule has 0 amide bonds. The number of esters is 2. The number of Topliss-reactive ketones (excluding diaryl/α,β-unsaturated/α-hetero) is 1. The highest BCUT2D eigenvalue weighted by atomic mass is 16.5. The van der Waals surface area contributed by atoms with E-state index in [0.29, 0.717) is 5.56 Å². The van der Waals surface area contributed by atoms with E-state index in [4.69, 9.17) is 9.47 Å². The summed E-state index contributed by atoms with van der Waals surface area (Å²) < 4.78 is 9.51. The van der Waals surface area contributed by atoms with E-state index in [2.05, 4.69) is 0 Å². The van der Waals surface area contributed by atoms with Crippen LogP contribution in [-0.4, -0.2) is 47.8 Å². The molecule has 1 aliphatic rings. The van der Waals surface area contributed by atoms with Gasteiger partial charge in [-0.15, -0.1) is 0 Å². The van der Waals surface area contributed by atoms with Crippen molar-refractivity contribution in [1.82, 2.24) is 0 Å². The molecule has 1 aromatic carbocycles. The summed E-state index contributed by atoms with van der Waals surface area (Å²) in [6.07, 6.45) is -0.360. The summed E-state index contributed by atoms with van der Waals surface area (Å²) in [5.41, 5.74) is -1.22. The lowest BCUT2D eigenvalue weighted by atomic mass is 9.62. The van der Waals surface area contributed by atoms with E-state index in [9.17, 15) is 24.6 Å². The molecule has 0 aliphatic heterocycles. The predicted molar refractivity (Wildman–Crippen MR) is 82.1 cm³/mol.